The highest BCUT2D eigenvalue weighted by molar-refractivity contribution is 5.96. The zero-order valence-electron chi connectivity index (χ0n) is 18.9. The number of benzene rings is 2. The van der Waals surface area contributed by atoms with Gasteiger partial charge in [0.25, 0.3) is 5.91 Å². The molecule has 1 saturated heterocycles. The molecule has 1 fully saturated rings. The van der Waals surface area contributed by atoms with Crippen molar-refractivity contribution in [3.63, 3.8) is 0 Å². The number of nitrogens with two attached hydrogens (primary N) is 1. The average Bonchev–Trinajstić information content (AvgIpc) is 2.88. The Hall–Kier alpha value is -4.38. The summed E-state index contributed by atoms with van der Waals surface area (Å²) >= 11 is 0. The number of carbonyl (C=O) groups excluding carboxylic acids is 1. The Morgan fingerprint density at radius 2 is 1.76 bits per heavy atom. The highest BCUT2D eigenvalue weighted by atomic mass is 16.2. The third-order valence-corrected chi connectivity index (χ3v) is 5.97. The summed E-state index contributed by atoms with van der Waals surface area (Å²) in [7, 11) is 0. The van der Waals surface area contributed by atoms with Crippen molar-refractivity contribution in [3.8, 4) is 17.2 Å². The maximum atomic E-state index is 12.1. The van der Waals surface area contributed by atoms with Crippen molar-refractivity contribution in [3.05, 3.63) is 73.1 Å². The maximum absolute atomic E-state index is 12.1. The molecule has 8 heteroatoms. The number of nitriles is 1. The molecular formula is C26H27N7O. The predicted octanol–water partition coefficient (Wildman–Crippen LogP) is 4.20. The van der Waals surface area contributed by atoms with Crippen LogP contribution in [0.4, 0.5) is 23.0 Å². The first-order valence-electron chi connectivity index (χ1n) is 11.2. The van der Waals surface area contributed by atoms with Gasteiger partial charge in [0.05, 0.1) is 5.56 Å². The van der Waals surface area contributed by atoms with E-state index in [9.17, 15) is 4.79 Å². The van der Waals surface area contributed by atoms with Gasteiger partial charge in [-0.3, -0.25) is 4.79 Å². The molecule has 0 aliphatic carbocycles. The summed E-state index contributed by atoms with van der Waals surface area (Å²) in [6, 6.07) is 19.8. The van der Waals surface area contributed by atoms with Crippen LogP contribution in [0.5, 0.6) is 0 Å². The first-order valence-corrected chi connectivity index (χ1v) is 11.2. The number of carbonyl (C=O) groups is 1. The molecule has 0 saturated carbocycles. The topological polar surface area (TPSA) is 120 Å². The van der Waals surface area contributed by atoms with Crippen LogP contribution in [0.15, 0.2) is 73.1 Å². The van der Waals surface area contributed by atoms with E-state index in [0.717, 1.165) is 35.3 Å². The summed E-state index contributed by atoms with van der Waals surface area (Å²) < 4.78 is 0. The van der Waals surface area contributed by atoms with E-state index < -0.39 is 0 Å². The number of nitrogens with zero attached hydrogens (tertiary/aromatic N) is 4. The van der Waals surface area contributed by atoms with Crippen molar-refractivity contribution >= 4 is 28.9 Å². The van der Waals surface area contributed by atoms with Gasteiger partial charge >= 0.3 is 0 Å². The van der Waals surface area contributed by atoms with E-state index in [0.29, 0.717) is 37.2 Å². The second-order valence-corrected chi connectivity index (χ2v) is 8.26. The minimum absolute atomic E-state index is 0.0114. The lowest BCUT2D eigenvalue weighted by molar-refractivity contribution is -0.127. The van der Waals surface area contributed by atoms with Crippen LogP contribution in [0.2, 0.25) is 0 Å². The molecule has 0 bridgehead atoms. The lowest BCUT2D eigenvalue weighted by Crippen LogP contribution is -2.40. The van der Waals surface area contributed by atoms with E-state index in [1.807, 2.05) is 60.7 Å². The molecule has 8 nitrogen and oxygen atoms in total. The molecule has 34 heavy (non-hydrogen) atoms. The zero-order chi connectivity index (χ0) is 23.9. The van der Waals surface area contributed by atoms with Crippen LogP contribution in [-0.4, -0.2) is 40.4 Å². The smallest absolute Gasteiger partial charge is 0.263 e. The molecular weight excluding hydrogens is 426 g/mol. The number of nitrogens with one attached hydrogen (secondary N) is 2. The zero-order valence-corrected chi connectivity index (χ0v) is 18.9. The summed E-state index contributed by atoms with van der Waals surface area (Å²) in [4.78, 5) is 22.5. The van der Waals surface area contributed by atoms with Crippen molar-refractivity contribution in [1.82, 2.24) is 14.9 Å². The third kappa shape index (κ3) is 5.33. The van der Waals surface area contributed by atoms with Gasteiger partial charge in [-0.15, -0.1) is 0 Å². The molecule has 2 aromatic carbocycles. The first-order chi connectivity index (χ1) is 16.5. The van der Waals surface area contributed by atoms with Gasteiger partial charge in [0.2, 0.25) is 0 Å². The minimum atomic E-state index is -0.273. The summed E-state index contributed by atoms with van der Waals surface area (Å²) in [6.45, 7) is 5.45. The van der Waals surface area contributed by atoms with Crippen LogP contribution >= 0.6 is 0 Å². The number of nitrogen functional groups attached to an aromatic ring is 1. The van der Waals surface area contributed by atoms with Crippen LogP contribution in [0, 0.1) is 17.2 Å². The minimum Gasteiger partial charge on any atom is -0.383 e. The largest absolute Gasteiger partial charge is 0.383 e. The standard InChI is InChI=1S/C26H27N7O/c1-18(15-27)26(34)33-13-11-19(12-14-33)16-29-25-23(24(28)30-17-31-25)20-7-9-22(10-8-20)32-21-5-3-2-4-6-21/h2-10,17,19,32H,1,11-14,16H2,(H3,28,29,30,31). The Kier molecular flexibility index (Phi) is 7.04. The fourth-order valence-electron chi connectivity index (χ4n) is 4.05. The van der Waals surface area contributed by atoms with Gasteiger partial charge < -0.3 is 21.3 Å². The number of hydrogen-bond donors (Lipinski definition) is 3. The monoisotopic (exact) mass is 453 g/mol. The van der Waals surface area contributed by atoms with Crippen LogP contribution < -0.4 is 16.4 Å². The van der Waals surface area contributed by atoms with Gasteiger partial charge in [-0.2, -0.15) is 5.26 Å². The van der Waals surface area contributed by atoms with Gasteiger partial charge in [0.1, 0.15) is 29.6 Å². The average molecular weight is 454 g/mol. The first kappa shape index (κ1) is 22.8. The predicted molar refractivity (Wildman–Crippen MR) is 134 cm³/mol. The molecule has 1 aromatic heterocycles. The van der Waals surface area contributed by atoms with E-state index in [-0.39, 0.29) is 11.5 Å². The SMILES string of the molecule is C=C(C#N)C(=O)N1CCC(CNc2ncnc(N)c2-c2ccc(Nc3ccccc3)cc2)CC1. The Morgan fingerprint density at radius 3 is 2.44 bits per heavy atom. The van der Waals surface area contributed by atoms with Gasteiger partial charge in [-0.05, 0) is 48.6 Å². The van der Waals surface area contributed by atoms with E-state index in [1.54, 1.807) is 4.90 Å². The molecule has 1 aliphatic rings. The van der Waals surface area contributed by atoms with Crippen LogP contribution in [0.3, 0.4) is 0 Å². The molecule has 0 atom stereocenters. The Balaban J connectivity index is 1.40. The number of amides is 1. The van der Waals surface area contributed by atoms with Crippen molar-refractivity contribution in [2.24, 2.45) is 5.92 Å². The molecule has 2 heterocycles. The lowest BCUT2D eigenvalue weighted by Gasteiger charge is -2.32. The number of piperidine rings is 1. The molecule has 4 N–H and O–H groups in total. The summed E-state index contributed by atoms with van der Waals surface area (Å²) in [6.07, 6.45) is 3.14. The molecule has 1 amide bonds. The fraction of sp³-hybridized carbons (Fsp3) is 0.231. The number of hydrogen-bond acceptors (Lipinski definition) is 7. The Labute approximate surface area is 199 Å². The van der Waals surface area contributed by atoms with Gasteiger partial charge in [-0.25, -0.2) is 9.97 Å². The maximum Gasteiger partial charge on any atom is 0.263 e. The van der Waals surface area contributed by atoms with Crippen molar-refractivity contribution in [1.29, 1.82) is 5.26 Å². The molecule has 0 spiro atoms. The Morgan fingerprint density at radius 1 is 1.09 bits per heavy atom. The Bertz CT molecular complexity index is 1190. The third-order valence-electron chi connectivity index (χ3n) is 5.97. The van der Waals surface area contributed by atoms with E-state index >= 15 is 0 Å². The molecule has 0 unspecified atom stereocenters. The number of anilines is 4. The molecule has 3 aromatic rings. The number of para-hydroxylation sites is 1. The quantitative estimate of drug-likeness (QED) is 0.362. The van der Waals surface area contributed by atoms with Crippen molar-refractivity contribution in [2.45, 2.75) is 12.8 Å². The second-order valence-electron chi connectivity index (χ2n) is 8.26. The number of likely N-dealkylation sites (tertiary alicyclic amines) is 1. The highest BCUT2D eigenvalue weighted by Crippen LogP contribution is 2.32. The number of aromatic nitrogens is 2. The number of rotatable bonds is 7. The highest BCUT2D eigenvalue weighted by Gasteiger charge is 2.24. The van der Waals surface area contributed by atoms with E-state index in [4.69, 9.17) is 11.0 Å². The lowest BCUT2D eigenvalue weighted by atomic mass is 9.96. The van der Waals surface area contributed by atoms with Crippen molar-refractivity contribution in [2.75, 3.05) is 36.0 Å². The summed E-state index contributed by atoms with van der Waals surface area (Å²) in [5, 5.41) is 15.7. The van der Waals surface area contributed by atoms with Crippen LogP contribution in [0.1, 0.15) is 12.8 Å². The fourth-order valence-corrected chi connectivity index (χ4v) is 4.05. The van der Waals surface area contributed by atoms with E-state index in [2.05, 4.69) is 27.2 Å². The molecule has 4 rings (SSSR count). The molecule has 0 radical (unpaired) electrons. The van der Waals surface area contributed by atoms with Crippen molar-refractivity contribution < 1.29 is 4.79 Å². The van der Waals surface area contributed by atoms with Crippen LogP contribution in [-0.2, 0) is 4.79 Å². The van der Waals surface area contributed by atoms with Gasteiger partial charge in [0.15, 0.2) is 0 Å². The molecule has 172 valence electrons. The van der Waals surface area contributed by atoms with Gasteiger partial charge in [0, 0.05) is 31.0 Å². The second kappa shape index (κ2) is 10.5. The van der Waals surface area contributed by atoms with Crippen LogP contribution in [0.25, 0.3) is 11.1 Å². The summed E-state index contributed by atoms with van der Waals surface area (Å²) in [5.41, 5.74) is 9.91. The molecule has 1 aliphatic heterocycles. The summed E-state index contributed by atoms with van der Waals surface area (Å²) in [5.74, 6) is 1.20. The van der Waals surface area contributed by atoms with Gasteiger partial charge in [-0.1, -0.05) is 36.9 Å². The normalized spacial score (nSPS) is 13.7. The van der Waals surface area contributed by atoms with E-state index in [1.165, 1.54) is 6.33 Å².